The molecule has 0 radical (unpaired) electrons. The molecule has 2 aromatic heterocycles. The number of ether oxygens (including phenoxy) is 2. The molecule has 3 N–H and O–H groups in total. The molecule has 2 aliphatic rings. The third-order valence-electron chi connectivity index (χ3n) is 8.22. The summed E-state index contributed by atoms with van der Waals surface area (Å²) in [6.45, 7) is 4.97. The average molecular weight is 583 g/mol. The summed E-state index contributed by atoms with van der Waals surface area (Å²) in [6, 6.07) is 20.0. The number of benzene rings is 3. The van der Waals surface area contributed by atoms with E-state index in [0.29, 0.717) is 31.6 Å². The van der Waals surface area contributed by atoms with Crippen LogP contribution in [0.1, 0.15) is 19.3 Å². The molecule has 1 unspecified atom stereocenters. The number of H-pyrrole nitrogens is 1. The summed E-state index contributed by atoms with van der Waals surface area (Å²) in [6.07, 6.45) is 2.82. The zero-order chi connectivity index (χ0) is 28.5. The van der Waals surface area contributed by atoms with E-state index in [-0.39, 0.29) is 17.4 Å². The molecule has 2 fully saturated rings. The largest absolute Gasteiger partial charge is 0.378 e. The van der Waals surface area contributed by atoms with Crippen LogP contribution in [0.3, 0.4) is 0 Å². The Kier molecular flexibility index (Phi) is 7.65. The molecule has 2 saturated heterocycles. The first-order chi connectivity index (χ1) is 20.7. The Hall–Kier alpha value is -3.76. The lowest BCUT2D eigenvalue weighted by atomic mass is 9.98. The van der Waals surface area contributed by atoms with Gasteiger partial charge in [-0.15, -0.1) is 11.3 Å². The van der Waals surface area contributed by atoms with Gasteiger partial charge in [0, 0.05) is 82.0 Å². The molecular formula is C33H34N4O4S. The molecule has 5 aromatic rings. The highest BCUT2D eigenvalue weighted by atomic mass is 32.1. The number of morpholine rings is 1. The number of rotatable bonds is 8. The van der Waals surface area contributed by atoms with Crippen LogP contribution in [0.2, 0.25) is 0 Å². The number of hydrogen-bond donors (Lipinski definition) is 3. The van der Waals surface area contributed by atoms with Gasteiger partial charge in [0.1, 0.15) is 5.82 Å². The third-order valence-corrected chi connectivity index (χ3v) is 9.42. The van der Waals surface area contributed by atoms with Gasteiger partial charge in [-0.25, -0.2) is 0 Å². The molecule has 1 atom stereocenters. The second-order valence-electron chi connectivity index (χ2n) is 10.9. The van der Waals surface area contributed by atoms with E-state index in [1.165, 1.54) is 0 Å². The summed E-state index contributed by atoms with van der Waals surface area (Å²) in [5.41, 5.74) is 3.62. The van der Waals surface area contributed by atoms with Crippen LogP contribution < -0.4 is 21.0 Å². The maximum absolute atomic E-state index is 13.3. The van der Waals surface area contributed by atoms with Crippen molar-refractivity contribution in [3.63, 3.8) is 0 Å². The van der Waals surface area contributed by atoms with Gasteiger partial charge in [-0.05, 0) is 31.0 Å². The lowest BCUT2D eigenvalue weighted by Crippen LogP contribution is -2.37. The van der Waals surface area contributed by atoms with Crippen LogP contribution in [-0.2, 0) is 14.3 Å². The monoisotopic (exact) mass is 582 g/mol. The predicted octanol–water partition coefficient (Wildman–Crippen LogP) is 5.50. The van der Waals surface area contributed by atoms with Crippen molar-refractivity contribution in [1.82, 2.24) is 10.3 Å². The highest BCUT2D eigenvalue weighted by Gasteiger charge is 2.20. The Morgan fingerprint density at radius 1 is 1.00 bits per heavy atom. The Balaban J connectivity index is 1.25. The fourth-order valence-corrected chi connectivity index (χ4v) is 7.34. The average Bonchev–Trinajstić information content (AvgIpc) is 3.68. The number of para-hydroxylation sites is 1. The van der Waals surface area contributed by atoms with E-state index in [2.05, 4.69) is 44.8 Å². The van der Waals surface area contributed by atoms with Crippen molar-refractivity contribution in [1.29, 1.82) is 0 Å². The van der Waals surface area contributed by atoms with Crippen LogP contribution in [0.25, 0.3) is 42.2 Å². The lowest BCUT2D eigenvalue weighted by molar-refractivity contribution is -0.116. The molecule has 0 saturated carbocycles. The number of nitrogens with one attached hydrogen (secondary N) is 3. The molecule has 9 heteroatoms. The number of anilines is 2. The lowest BCUT2D eigenvalue weighted by Gasteiger charge is -2.28. The minimum absolute atomic E-state index is 0.00309. The number of aromatic amines is 1. The highest BCUT2D eigenvalue weighted by Crippen LogP contribution is 2.44. The zero-order valence-corrected chi connectivity index (χ0v) is 24.2. The Labute approximate surface area is 247 Å². The van der Waals surface area contributed by atoms with Gasteiger partial charge < -0.3 is 30.0 Å². The molecule has 3 aromatic carbocycles. The normalized spacial score (nSPS) is 17.4. The van der Waals surface area contributed by atoms with Gasteiger partial charge in [-0.3, -0.25) is 9.59 Å². The molecule has 8 nitrogen and oxygen atoms in total. The fourth-order valence-electron chi connectivity index (χ4n) is 6.08. The summed E-state index contributed by atoms with van der Waals surface area (Å²) in [5, 5.41) is 9.34. The van der Waals surface area contributed by atoms with Crippen LogP contribution in [0.4, 0.5) is 11.5 Å². The smallest absolute Gasteiger partial charge is 0.225 e. The van der Waals surface area contributed by atoms with Crippen LogP contribution >= 0.6 is 11.3 Å². The molecule has 0 spiro atoms. The van der Waals surface area contributed by atoms with E-state index in [0.717, 1.165) is 87.4 Å². The number of aromatic nitrogens is 1. The minimum atomic E-state index is -0.0242. The molecule has 1 amide bonds. The van der Waals surface area contributed by atoms with Crippen molar-refractivity contribution >= 4 is 59.8 Å². The van der Waals surface area contributed by atoms with Gasteiger partial charge in [-0.1, -0.05) is 36.4 Å². The first kappa shape index (κ1) is 27.1. The van der Waals surface area contributed by atoms with Crippen LogP contribution in [0.15, 0.2) is 65.5 Å². The first-order valence-electron chi connectivity index (χ1n) is 14.7. The van der Waals surface area contributed by atoms with E-state index in [9.17, 15) is 9.59 Å². The summed E-state index contributed by atoms with van der Waals surface area (Å²) in [7, 11) is 0. The van der Waals surface area contributed by atoms with Gasteiger partial charge in [0.05, 0.1) is 30.5 Å². The van der Waals surface area contributed by atoms with Crippen LogP contribution in [-0.4, -0.2) is 63.0 Å². The molecule has 7 rings (SSSR count). The molecule has 42 heavy (non-hydrogen) atoms. The third kappa shape index (κ3) is 5.29. The molecule has 0 aliphatic carbocycles. The number of amides is 1. The van der Waals surface area contributed by atoms with Crippen molar-refractivity contribution in [2.75, 3.05) is 56.2 Å². The van der Waals surface area contributed by atoms with Gasteiger partial charge in [0.15, 0.2) is 5.43 Å². The number of carbonyl (C=O) groups excluding carboxylic acids is 1. The number of hydrogen-bond acceptors (Lipinski definition) is 7. The summed E-state index contributed by atoms with van der Waals surface area (Å²) in [4.78, 5) is 32.0. The maximum atomic E-state index is 13.3. The Bertz CT molecular complexity index is 1820. The van der Waals surface area contributed by atoms with Crippen LogP contribution in [0.5, 0.6) is 0 Å². The standard InChI is InChI=1S/C33H34N4O4S/c38-27-19-29(37-14-17-40-18-15-37)36-32-22(7-3-8-24(27)32)23-10-11-26(31-25-6-1-2-9-28(25)42-33(23)31)35-30(39)12-13-34-20-21-5-4-16-41-21/h1-3,6-11,19,21,34H,4-5,12-18,20H2,(H,35,39)(H,36,38). The minimum Gasteiger partial charge on any atom is -0.378 e. The van der Waals surface area contributed by atoms with E-state index in [4.69, 9.17) is 9.47 Å². The van der Waals surface area contributed by atoms with E-state index >= 15 is 0 Å². The SMILES string of the molecule is O=C(CCNCC1CCCO1)Nc1ccc(-c2cccc3c(=O)cc(N4CCOCC4)[nH]c23)c2sc3ccccc3c12. The molecule has 216 valence electrons. The zero-order valence-electron chi connectivity index (χ0n) is 23.4. The van der Waals surface area contributed by atoms with E-state index in [1.807, 2.05) is 30.3 Å². The molecule has 4 heterocycles. The van der Waals surface area contributed by atoms with Crippen molar-refractivity contribution in [3.05, 3.63) is 70.9 Å². The second kappa shape index (κ2) is 11.9. The molecule has 0 bridgehead atoms. The van der Waals surface area contributed by atoms with Gasteiger partial charge in [0.25, 0.3) is 0 Å². The van der Waals surface area contributed by atoms with E-state index < -0.39 is 0 Å². The summed E-state index contributed by atoms with van der Waals surface area (Å²) in [5.74, 6) is 0.789. The summed E-state index contributed by atoms with van der Waals surface area (Å²) >= 11 is 1.71. The number of thiophene rings is 1. The Morgan fingerprint density at radius 3 is 2.71 bits per heavy atom. The second-order valence-corrected chi connectivity index (χ2v) is 12.0. The Morgan fingerprint density at radius 2 is 1.86 bits per heavy atom. The quantitative estimate of drug-likeness (QED) is 0.209. The van der Waals surface area contributed by atoms with Gasteiger partial charge in [-0.2, -0.15) is 0 Å². The molecular weight excluding hydrogens is 548 g/mol. The topological polar surface area (TPSA) is 95.7 Å². The number of nitrogens with zero attached hydrogens (tertiary/aromatic N) is 1. The predicted molar refractivity (Wildman–Crippen MR) is 171 cm³/mol. The maximum Gasteiger partial charge on any atom is 0.225 e. The number of fused-ring (bicyclic) bond motifs is 4. The van der Waals surface area contributed by atoms with Crippen molar-refractivity contribution in [2.24, 2.45) is 0 Å². The number of carbonyl (C=O) groups is 1. The molecule has 2 aliphatic heterocycles. The van der Waals surface area contributed by atoms with Crippen molar-refractivity contribution < 1.29 is 14.3 Å². The highest BCUT2D eigenvalue weighted by molar-refractivity contribution is 7.26. The van der Waals surface area contributed by atoms with Crippen LogP contribution in [0, 0.1) is 0 Å². The van der Waals surface area contributed by atoms with E-state index in [1.54, 1.807) is 17.4 Å². The van der Waals surface area contributed by atoms with Gasteiger partial charge >= 0.3 is 0 Å². The number of pyridine rings is 1. The van der Waals surface area contributed by atoms with Crippen molar-refractivity contribution in [2.45, 2.75) is 25.4 Å². The fraction of sp³-hybridized carbons (Fsp3) is 0.333. The van der Waals surface area contributed by atoms with Gasteiger partial charge in [0.2, 0.25) is 5.91 Å². The van der Waals surface area contributed by atoms with Crippen molar-refractivity contribution in [3.8, 4) is 11.1 Å². The summed E-state index contributed by atoms with van der Waals surface area (Å²) < 4.78 is 13.4. The first-order valence-corrected chi connectivity index (χ1v) is 15.5.